The number of allylic oxidation sites excluding steroid dienone is 8. The number of hydrogen-bond acceptors (Lipinski definition) is 0. The Morgan fingerprint density at radius 3 is 1.71 bits per heavy atom. The predicted molar refractivity (Wildman–Crippen MR) is 115 cm³/mol. The van der Waals surface area contributed by atoms with Gasteiger partial charge in [0.05, 0.1) is 0 Å². The van der Waals surface area contributed by atoms with Gasteiger partial charge in [-0.3, -0.25) is 0 Å². The molecule has 0 aromatic carbocycles. The Morgan fingerprint density at radius 1 is 0.875 bits per heavy atom. The van der Waals surface area contributed by atoms with Crippen molar-refractivity contribution in [3.63, 3.8) is 0 Å². The van der Waals surface area contributed by atoms with Crippen LogP contribution in [-0.4, -0.2) is 7.37 Å². The Kier molecular flexibility index (Phi) is 6.60. The molecule has 24 heavy (non-hydrogen) atoms. The molecule has 137 valence electrons. The van der Waals surface area contributed by atoms with Crippen molar-refractivity contribution in [3.8, 4) is 0 Å². The monoisotopic (exact) mass is 463 g/mol. The van der Waals surface area contributed by atoms with Gasteiger partial charge < -0.3 is 0 Å². The van der Waals surface area contributed by atoms with Crippen molar-refractivity contribution in [2.24, 2.45) is 11.8 Å². The standard InChI is InChI=1S/C9H13.C8H11.C3H6.2ClH.H3Si.Zr/c1-6-5-7(2)9(4)8(6)3;1-6-4-7(2)8(3)5-6;1-3-2;;;;/h6H,1-4H3;4,6H,1-3H3;1-3H2;2*1H;1H3;. The van der Waals surface area contributed by atoms with E-state index >= 15 is 0 Å². The largest absolute Gasteiger partial charge is 0.147 e. The van der Waals surface area contributed by atoms with Gasteiger partial charge in [-0.25, -0.2) is 0 Å². The second-order valence-corrected chi connectivity index (χ2v) is 39.5. The molecule has 3 aliphatic rings. The summed E-state index contributed by atoms with van der Waals surface area (Å²) in [7, 11) is 1.46. The molecule has 2 unspecified atom stereocenters. The fourth-order valence-corrected chi connectivity index (χ4v) is 41.5. The molecular formula is C20H35Cl2SiZr. The first-order valence-electron chi connectivity index (χ1n) is 9.10. The first-order chi connectivity index (χ1) is 10.1. The summed E-state index contributed by atoms with van der Waals surface area (Å²) in [5.41, 5.74) is 8.27. The van der Waals surface area contributed by atoms with Gasteiger partial charge in [0.15, 0.2) is 0 Å². The SMILES string of the molecule is CC1=CC(C)[C]([Zr]2([SiH3])([C]3=C(C)C(C)=C(C)C3C)[CH2]C[CH2]2)=C1C.Cl.Cl. The van der Waals surface area contributed by atoms with Gasteiger partial charge in [-0.2, -0.15) is 0 Å². The van der Waals surface area contributed by atoms with Crippen LogP contribution in [0.15, 0.2) is 40.5 Å². The van der Waals surface area contributed by atoms with Gasteiger partial charge >= 0.3 is 141 Å². The third-order valence-electron chi connectivity index (χ3n) is 7.87. The van der Waals surface area contributed by atoms with E-state index in [0.29, 0.717) is 0 Å². The Labute approximate surface area is 164 Å². The van der Waals surface area contributed by atoms with Crippen LogP contribution in [0.1, 0.15) is 54.9 Å². The van der Waals surface area contributed by atoms with E-state index in [2.05, 4.69) is 54.5 Å². The maximum absolute atomic E-state index is 2.83. The predicted octanol–water partition coefficient (Wildman–Crippen LogP) is 6.17. The van der Waals surface area contributed by atoms with Crippen molar-refractivity contribution in [1.29, 1.82) is 0 Å². The average molecular weight is 466 g/mol. The molecule has 0 saturated carbocycles. The molecule has 2 atom stereocenters. The molecule has 0 radical (unpaired) electrons. The number of hydrogen-bond donors (Lipinski definition) is 0. The van der Waals surface area contributed by atoms with Crippen LogP contribution >= 0.6 is 24.8 Å². The molecular weight excluding hydrogens is 430 g/mol. The minimum atomic E-state index is -2.83. The topological polar surface area (TPSA) is 0 Å². The van der Waals surface area contributed by atoms with E-state index in [9.17, 15) is 0 Å². The number of halogens is 2. The molecule has 1 aliphatic heterocycles. The molecule has 0 N–H and O–H groups in total. The van der Waals surface area contributed by atoms with Crippen molar-refractivity contribution in [1.82, 2.24) is 0 Å². The Balaban J connectivity index is 0.00000144. The summed E-state index contributed by atoms with van der Waals surface area (Å²) in [4.78, 5) is 0. The molecule has 3 rings (SSSR count). The zero-order chi connectivity index (χ0) is 16.5. The fourth-order valence-electron chi connectivity index (χ4n) is 6.46. The Morgan fingerprint density at radius 2 is 1.42 bits per heavy atom. The smallest absolute Gasteiger partial charge is 0.147 e. The molecule has 0 amide bonds. The molecule has 0 aromatic rings. The van der Waals surface area contributed by atoms with E-state index in [1.165, 1.54) is 13.8 Å². The first-order valence-corrected chi connectivity index (χ1v) is 23.4. The third kappa shape index (κ3) is 2.70. The molecule has 1 heterocycles. The van der Waals surface area contributed by atoms with Gasteiger partial charge in [0.1, 0.15) is 0 Å². The zero-order valence-electron chi connectivity index (χ0n) is 16.7. The summed E-state index contributed by atoms with van der Waals surface area (Å²) in [6.45, 7) is 17.0. The minimum Gasteiger partial charge on any atom is -0.147 e. The van der Waals surface area contributed by atoms with Crippen molar-refractivity contribution in [2.45, 2.75) is 63.1 Å². The van der Waals surface area contributed by atoms with Crippen LogP contribution < -0.4 is 0 Å². The van der Waals surface area contributed by atoms with Gasteiger partial charge in [0, 0.05) is 0 Å². The van der Waals surface area contributed by atoms with Gasteiger partial charge in [0.25, 0.3) is 0 Å². The zero-order valence-corrected chi connectivity index (χ0v) is 22.8. The van der Waals surface area contributed by atoms with E-state index in [1.54, 1.807) is 36.1 Å². The van der Waals surface area contributed by atoms with Crippen LogP contribution in [0.3, 0.4) is 0 Å². The van der Waals surface area contributed by atoms with E-state index in [0.717, 1.165) is 11.8 Å². The van der Waals surface area contributed by atoms with E-state index < -0.39 is 17.9 Å². The molecule has 1 saturated heterocycles. The Hall–Kier alpha value is 0.640. The molecule has 4 heteroatoms. The van der Waals surface area contributed by atoms with Crippen LogP contribution in [0.25, 0.3) is 0 Å². The van der Waals surface area contributed by atoms with Crippen molar-refractivity contribution < 1.29 is 17.9 Å². The summed E-state index contributed by atoms with van der Waals surface area (Å²) >= 11 is -2.83. The average Bonchev–Trinajstić information content (AvgIpc) is 2.78. The van der Waals surface area contributed by atoms with Crippen LogP contribution in [0.2, 0.25) is 8.26 Å². The summed E-state index contributed by atoms with van der Waals surface area (Å²) < 4.78 is 7.21. The van der Waals surface area contributed by atoms with E-state index in [-0.39, 0.29) is 24.8 Å². The molecule has 0 nitrogen and oxygen atoms in total. The van der Waals surface area contributed by atoms with Crippen LogP contribution in [0.5, 0.6) is 0 Å². The summed E-state index contributed by atoms with van der Waals surface area (Å²) in [5, 5.41) is 0. The number of rotatable bonds is 2. The van der Waals surface area contributed by atoms with Crippen molar-refractivity contribution >= 4 is 32.2 Å². The van der Waals surface area contributed by atoms with Gasteiger partial charge in [0.2, 0.25) is 0 Å². The fraction of sp³-hybridized carbons (Fsp3) is 0.600. The van der Waals surface area contributed by atoms with Crippen molar-refractivity contribution in [2.75, 3.05) is 0 Å². The van der Waals surface area contributed by atoms with Crippen LogP contribution in [0.4, 0.5) is 0 Å². The normalized spacial score (nSPS) is 32.6. The molecule has 1 fully saturated rings. The Bertz CT molecular complexity index is 692. The van der Waals surface area contributed by atoms with Crippen LogP contribution in [0, 0.1) is 11.8 Å². The van der Waals surface area contributed by atoms with Gasteiger partial charge in [-0.05, 0) is 0 Å². The second-order valence-electron chi connectivity index (χ2n) is 8.89. The minimum absolute atomic E-state index is 0. The third-order valence-corrected chi connectivity index (χ3v) is 40.3. The van der Waals surface area contributed by atoms with E-state index in [4.69, 9.17) is 0 Å². The molecule has 0 bridgehead atoms. The van der Waals surface area contributed by atoms with E-state index in [1.807, 2.05) is 6.56 Å². The second kappa shape index (κ2) is 6.99. The van der Waals surface area contributed by atoms with Gasteiger partial charge in [-0.15, -0.1) is 24.8 Å². The van der Waals surface area contributed by atoms with Crippen molar-refractivity contribution in [3.05, 3.63) is 40.5 Å². The molecule has 0 aromatic heterocycles. The first kappa shape index (κ1) is 22.7. The van der Waals surface area contributed by atoms with Gasteiger partial charge in [-0.1, -0.05) is 0 Å². The molecule has 0 spiro atoms. The quantitative estimate of drug-likeness (QED) is 0.428. The summed E-state index contributed by atoms with van der Waals surface area (Å²) in [6, 6.07) is 0. The summed E-state index contributed by atoms with van der Waals surface area (Å²) in [6.07, 6.45) is 4.06. The van der Waals surface area contributed by atoms with Crippen LogP contribution in [-0.2, 0) is 17.9 Å². The summed E-state index contributed by atoms with van der Waals surface area (Å²) in [5.74, 6) is 1.45. The maximum atomic E-state index is 2.56. The maximum Gasteiger partial charge on any atom is -0.147 e. The molecule has 2 aliphatic carbocycles.